The zero-order valence-corrected chi connectivity index (χ0v) is 47.1. The molecule has 1 aromatic carbocycles. The van der Waals surface area contributed by atoms with Crippen molar-refractivity contribution in [2.45, 2.75) is 128 Å². The Kier molecular flexibility index (Phi) is 31.4. The van der Waals surface area contributed by atoms with Gasteiger partial charge in [-0.05, 0) is 87.4 Å². The number of carbonyl (C=O) groups is 11. The number of aromatic hydroxyl groups is 1. The minimum atomic E-state index is -1.38. The maximum atomic E-state index is 14.7. The minimum absolute atomic E-state index is 0.00491. The number of phenols is 1. The number of nitrogens with two attached hydrogens (primary N) is 3. The van der Waals surface area contributed by atoms with Crippen LogP contribution < -0.4 is 43.8 Å². The molecule has 1 heterocycles. The highest BCUT2D eigenvalue weighted by Crippen LogP contribution is 2.22. The number of aliphatic carboxylic acids is 5. The molecule has 0 radical (unpaired) electrons. The molecule has 1 aromatic rings. The van der Waals surface area contributed by atoms with Crippen LogP contribution in [0, 0.1) is 11.8 Å². The van der Waals surface area contributed by atoms with Crippen molar-refractivity contribution < 1.29 is 83.4 Å². The molecule has 1 fully saturated rings. The van der Waals surface area contributed by atoms with Crippen LogP contribution in [0.3, 0.4) is 0 Å². The fourth-order valence-corrected chi connectivity index (χ4v) is 9.03. The van der Waals surface area contributed by atoms with E-state index in [1.165, 1.54) is 34.1 Å². The maximum absolute atomic E-state index is 14.7. The fraction of sp³-hybridized carbons (Fsp3) is 0.654. The zero-order chi connectivity index (χ0) is 61.6. The molecule has 1 aliphatic heterocycles. The molecule has 0 aromatic heterocycles. The van der Waals surface area contributed by atoms with Gasteiger partial charge in [0.15, 0.2) is 5.96 Å². The second-order valence-corrected chi connectivity index (χ2v) is 20.7. The number of carbonyl (C=O) groups excluding carboxylic acids is 6. The van der Waals surface area contributed by atoms with Crippen LogP contribution in [-0.4, -0.2) is 236 Å². The molecule has 7 atom stereocenters. The molecule has 0 spiro atoms. The summed E-state index contributed by atoms with van der Waals surface area (Å²) in [6.07, 6.45) is 1.56. The van der Waals surface area contributed by atoms with Crippen molar-refractivity contribution in [2.75, 3.05) is 78.5 Å². The van der Waals surface area contributed by atoms with Gasteiger partial charge in [-0.25, -0.2) is 4.79 Å². The van der Waals surface area contributed by atoms with E-state index in [4.69, 9.17) is 17.2 Å². The molecule has 0 unspecified atom stereocenters. The van der Waals surface area contributed by atoms with Crippen LogP contribution >= 0.6 is 0 Å². The lowest BCUT2D eigenvalue weighted by Gasteiger charge is -2.31. The van der Waals surface area contributed by atoms with Crippen molar-refractivity contribution in [2.24, 2.45) is 34.0 Å². The molecule has 1 aliphatic rings. The molecular weight excluding hydrogens is 1080 g/mol. The first kappa shape index (κ1) is 70.4. The average Bonchev–Trinajstić information content (AvgIpc) is 4.05. The standard InChI is InChI=1S/C52H85N13O17/c1-5-32(4)45(49(79)60-38(51(81)82)24-31(2)3)61-47(77)37(25-33-13-15-34(66)16-14-33)59-48(78)39-12-9-19-65(39)50(80)36(11-8-18-56-52(54)55)58-46(76)35(10-6-7-17-53)57-40(67)26-63(28-42(70)71)22-20-62(27-41(68)69)21-23-64(29-43(72)73)30-44(74)75/h13-16,31-32,35-39,45,66H,5-12,17-30,53H2,1-4H3,(H,57,67)(H,58,76)(H,59,78)(H,60,79)(H,61,77)(H,68,69)(H,70,71)(H,72,73)(H,74,75)(H,81,82)(H4,54,55,56)/t32-,35-,36-,37-,38-,39-,45-/m0/s1. The summed E-state index contributed by atoms with van der Waals surface area (Å²) in [4.78, 5) is 152. The topological polar surface area (TPSA) is 473 Å². The number of phenolic OH excluding ortho intramolecular Hbond substituents is 1. The number of unbranched alkanes of at least 4 members (excludes halogenated alkanes) is 1. The van der Waals surface area contributed by atoms with Gasteiger partial charge in [0.25, 0.3) is 0 Å². The summed E-state index contributed by atoms with van der Waals surface area (Å²) in [5.74, 6) is -12.2. The number of amides is 6. The van der Waals surface area contributed by atoms with Crippen molar-refractivity contribution in [3.8, 4) is 5.75 Å². The predicted molar refractivity (Wildman–Crippen MR) is 295 cm³/mol. The molecule has 30 heteroatoms. The highest BCUT2D eigenvalue weighted by Gasteiger charge is 2.40. The summed E-state index contributed by atoms with van der Waals surface area (Å²) < 4.78 is 0. The van der Waals surface area contributed by atoms with Gasteiger partial charge in [0, 0.05) is 45.7 Å². The number of nitrogens with one attached hydrogen (secondary N) is 5. The average molecular weight is 1160 g/mol. The maximum Gasteiger partial charge on any atom is 0.326 e. The molecule has 6 amide bonds. The molecule has 0 saturated carbocycles. The van der Waals surface area contributed by atoms with Crippen LogP contribution in [0.5, 0.6) is 5.75 Å². The Morgan fingerprint density at radius 3 is 1.70 bits per heavy atom. The van der Waals surface area contributed by atoms with Crippen molar-refractivity contribution in [1.29, 1.82) is 0 Å². The summed E-state index contributed by atoms with van der Waals surface area (Å²) in [6.45, 7) is 3.36. The predicted octanol–water partition coefficient (Wildman–Crippen LogP) is -3.05. The number of nitrogens with zero attached hydrogens (tertiary/aromatic N) is 5. The van der Waals surface area contributed by atoms with Crippen LogP contribution in [0.25, 0.3) is 0 Å². The fourth-order valence-electron chi connectivity index (χ4n) is 9.03. The van der Waals surface area contributed by atoms with Crippen molar-refractivity contribution in [3.05, 3.63) is 29.8 Å². The largest absolute Gasteiger partial charge is 0.508 e. The Balaban J connectivity index is 2.46. The van der Waals surface area contributed by atoms with Gasteiger partial charge >= 0.3 is 29.8 Å². The van der Waals surface area contributed by atoms with Crippen LogP contribution in [0.4, 0.5) is 0 Å². The van der Waals surface area contributed by atoms with Gasteiger partial charge < -0.3 is 79.3 Å². The van der Waals surface area contributed by atoms with Crippen molar-refractivity contribution in [1.82, 2.24) is 46.2 Å². The first-order chi connectivity index (χ1) is 38.6. The number of benzene rings is 1. The number of rotatable bonds is 41. The van der Waals surface area contributed by atoms with E-state index in [2.05, 4.69) is 31.6 Å². The highest BCUT2D eigenvalue weighted by atomic mass is 16.4. The number of likely N-dealkylation sites (tertiary alicyclic amines) is 1. The van der Waals surface area contributed by atoms with Gasteiger partial charge in [-0.15, -0.1) is 0 Å². The molecule has 0 aliphatic carbocycles. The minimum Gasteiger partial charge on any atom is -0.508 e. The van der Waals surface area contributed by atoms with Gasteiger partial charge in [0.1, 0.15) is 42.0 Å². The number of carboxylic acids is 5. The van der Waals surface area contributed by atoms with Crippen LogP contribution in [-0.2, 0) is 59.2 Å². The van der Waals surface area contributed by atoms with Crippen LogP contribution in [0.2, 0.25) is 0 Å². The third kappa shape index (κ3) is 27.2. The second-order valence-electron chi connectivity index (χ2n) is 20.7. The second kappa shape index (κ2) is 36.6. The van der Waals surface area contributed by atoms with Gasteiger partial charge in [-0.3, -0.25) is 67.6 Å². The van der Waals surface area contributed by atoms with E-state index in [0.29, 0.717) is 31.2 Å². The summed E-state index contributed by atoms with van der Waals surface area (Å²) in [5, 5.41) is 70.9. The van der Waals surface area contributed by atoms with E-state index in [0.717, 1.165) is 9.80 Å². The third-order valence-electron chi connectivity index (χ3n) is 13.4. The molecule has 30 nitrogen and oxygen atoms in total. The van der Waals surface area contributed by atoms with Crippen molar-refractivity contribution in [3.63, 3.8) is 0 Å². The van der Waals surface area contributed by atoms with E-state index in [1.54, 1.807) is 27.7 Å². The van der Waals surface area contributed by atoms with E-state index < -0.39 is 140 Å². The monoisotopic (exact) mass is 1160 g/mol. The zero-order valence-electron chi connectivity index (χ0n) is 47.1. The number of hydrogen-bond donors (Lipinski definition) is 14. The van der Waals surface area contributed by atoms with Gasteiger partial charge in [0.05, 0.1) is 32.7 Å². The first-order valence-corrected chi connectivity index (χ1v) is 27.3. The van der Waals surface area contributed by atoms with E-state index in [1.807, 2.05) is 0 Å². The normalized spacial score (nSPS) is 15.4. The Morgan fingerprint density at radius 1 is 0.646 bits per heavy atom. The number of carboxylic acid groups (broad SMARTS) is 5. The number of aliphatic imine (C=N–C) groups is 1. The third-order valence-corrected chi connectivity index (χ3v) is 13.4. The van der Waals surface area contributed by atoms with E-state index >= 15 is 0 Å². The van der Waals surface area contributed by atoms with Crippen molar-refractivity contribution >= 4 is 71.2 Å². The lowest BCUT2D eigenvalue weighted by atomic mass is 9.96. The Hall–Kier alpha value is -7.70. The van der Waals surface area contributed by atoms with Crippen LogP contribution in [0.1, 0.15) is 91.0 Å². The quantitative estimate of drug-likeness (QED) is 0.0176. The lowest BCUT2D eigenvalue weighted by molar-refractivity contribution is -0.143. The summed E-state index contributed by atoms with van der Waals surface area (Å²) in [5.41, 5.74) is 17.3. The molecule has 17 N–H and O–H groups in total. The van der Waals surface area contributed by atoms with Gasteiger partial charge in [-0.2, -0.15) is 0 Å². The molecular formula is C52H85N13O17. The smallest absolute Gasteiger partial charge is 0.326 e. The highest BCUT2D eigenvalue weighted by molar-refractivity contribution is 5.97. The first-order valence-electron chi connectivity index (χ1n) is 27.3. The molecule has 1 saturated heterocycles. The molecule has 460 valence electrons. The van der Waals surface area contributed by atoms with E-state index in [9.17, 15) is 83.4 Å². The Labute approximate surface area is 475 Å². The Bertz CT molecular complexity index is 2320. The molecule has 82 heavy (non-hydrogen) atoms. The summed E-state index contributed by atoms with van der Waals surface area (Å²) in [7, 11) is 0. The van der Waals surface area contributed by atoms with Gasteiger partial charge in [-0.1, -0.05) is 46.2 Å². The number of hydrogen-bond acceptors (Lipinski definition) is 17. The van der Waals surface area contributed by atoms with E-state index in [-0.39, 0.29) is 102 Å². The summed E-state index contributed by atoms with van der Waals surface area (Å²) >= 11 is 0. The molecule has 2 rings (SSSR count). The van der Waals surface area contributed by atoms with Crippen LogP contribution in [0.15, 0.2) is 29.3 Å². The lowest BCUT2D eigenvalue weighted by Crippen LogP contribution is -2.60. The Morgan fingerprint density at radius 2 is 1.17 bits per heavy atom. The van der Waals surface area contributed by atoms with Gasteiger partial charge in [0.2, 0.25) is 35.4 Å². The molecule has 0 bridgehead atoms. The SMILES string of the molecule is CC[C@H](C)[C@H](NC(=O)[C@H](Cc1ccc(O)cc1)NC(=O)[C@@H]1CCCN1C(=O)[C@H](CCCN=C(N)N)NC(=O)[C@H](CCCCN)NC(=O)CN(CCN(CCN(CC(=O)O)CC(=O)O)CC(=O)O)CC(=O)O)C(=O)N[C@@H](CC(C)C)C(=O)O. The summed E-state index contributed by atoms with van der Waals surface area (Å²) in [6, 6.07) is -1.93. The number of guanidine groups is 1.